The Morgan fingerprint density at radius 3 is 2.71 bits per heavy atom. The molecular weight excluding hydrogens is 363 g/mol. The van der Waals surface area contributed by atoms with Crippen molar-refractivity contribution in [2.45, 2.75) is 36.7 Å². The molecule has 0 aromatic heterocycles. The van der Waals surface area contributed by atoms with E-state index in [0.717, 1.165) is 25.3 Å². The zero-order chi connectivity index (χ0) is 15.6. The van der Waals surface area contributed by atoms with Gasteiger partial charge in [-0.15, -0.1) is 0 Å². The summed E-state index contributed by atoms with van der Waals surface area (Å²) in [4.78, 5) is -0.486. The molecule has 1 saturated carbocycles. The molecule has 4 N–H and O–H groups in total. The van der Waals surface area contributed by atoms with E-state index in [1.54, 1.807) is 0 Å². The Balaban J connectivity index is 2.15. The Labute approximate surface area is 131 Å². The van der Waals surface area contributed by atoms with Gasteiger partial charge < -0.3 is 10.8 Å². The second-order valence-corrected chi connectivity index (χ2v) is 7.87. The molecule has 0 radical (unpaired) electrons. The van der Waals surface area contributed by atoms with Gasteiger partial charge in [-0.25, -0.2) is 17.5 Å². The summed E-state index contributed by atoms with van der Waals surface area (Å²) >= 11 is 2.94. The van der Waals surface area contributed by atoms with E-state index < -0.39 is 26.8 Å². The molecule has 0 spiro atoms. The molecule has 1 fully saturated rings. The van der Waals surface area contributed by atoms with Crippen LogP contribution in [0.2, 0.25) is 0 Å². The number of aliphatic hydroxyl groups excluding tert-OH is 1. The van der Waals surface area contributed by atoms with Gasteiger partial charge in [-0.2, -0.15) is 0 Å². The van der Waals surface area contributed by atoms with Gasteiger partial charge in [-0.1, -0.05) is 12.8 Å². The summed E-state index contributed by atoms with van der Waals surface area (Å²) < 4.78 is 40.7. The van der Waals surface area contributed by atoms with E-state index in [0.29, 0.717) is 6.42 Å². The van der Waals surface area contributed by atoms with Gasteiger partial charge in [0, 0.05) is 12.2 Å². The van der Waals surface area contributed by atoms with Gasteiger partial charge in [0.25, 0.3) is 0 Å². The largest absolute Gasteiger partial charge is 0.399 e. The number of hydrogen-bond acceptors (Lipinski definition) is 4. The van der Waals surface area contributed by atoms with Crippen LogP contribution in [0.1, 0.15) is 25.7 Å². The Bertz CT molecular complexity index is 624. The summed E-state index contributed by atoms with van der Waals surface area (Å²) in [6.45, 7) is 0.0926. The molecule has 2 rings (SSSR count). The monoisotopic (exact) mass is 380 g/mol. The van der Waals surface area contributed by atoms with Crippen molar-refractivity contribution in [1.82, 2.24) is 4.72 Å². The third-order valence-corrected chi connectivity index (χ3v) is 5.71. The van der Waals surface area contributed by atoms with E-state index in [1.807, 2.05) is 0 Å². The third kappa shape index (κ3) is 3.94. The van der Waals surface area contributed by atoms with Crippen LogP contribution in [0.25, 0.3) is 0 Å². The SMILES string of the molecule is Nc1cc(Br)c(F)c(S(=O)(=O)NCC2CCCCC2O)c1. The average molecular weight is 381 g/mol. The lowest BCUT2D eigenvalue weighted by molar-refractivity contribution is 0.0724. The van der Waals surface area contributed by atoms with Gasteiger partial charge in [0.2, 0.25) is 10.0 Å². The van der Waals surface area contributed by atoms with Crippen molar-refractivity contribution in [2.75, 3.05) is 12.3 Å². The molecule has 1 aromatic carbocycles. The number of sulfonamides is 1. The molecular formula is C13H18BrFN2O3S. The van der Waals surface area contributed by atoms with Crippen LogP contribution in [-0.4, -0.2) is 26.2 Å². The Kier molecular flexibility index (Phi) is 5.24. The number of nitrogen functional groups attached to an aromatic ring is 1. The minimum absolute atomic E-state index is 0.000533. The lowest BCUT2D eigenvalue weighted by Crippen LogP contribution is -2.37. The van der Waals surface area contributed by atoms with Crippen molar-refractivity contribution >= 4 is 31.6 Å². The van der Waals surface area contributed by atoms with Gasteiger partial charge in [-0.05, 0) is 46.8 Å². The number of anilines is 1. The van der Waals surface area contributed by atoms with Crippen LogP contribution in [0.3, 0.4) is 0 Å². The first kappa shape index (κ1) is 16.7. The van der Waals surface area contributed by atoms with E-state index in [2.05, 4.69) is 20.7 Å². The molecule has 0 bridgehead atoms. The average Bonchev–Trinajstić information content (AvgIpc) is 2.42. The van der Waals surface area contributed by atoms with Crippen LogP contribution in [0.4, 0.5) is 10.1 Å². The minimum atomic E-state index is -4.00. The summed E-state index contributed by atoms with van der Waals surface area (Å²) in [5.41, 5.74) is 5.71. The zero-order valence-corrected chi connectivity index (χ0v) is 13.8. The molecule has 0 amide bonds. The van der Waals surface area contributed by atoms with Crippen molar-refractivity contribution in [3.63, 3.8) is 0 Å². The van der Waals surface area contributed by atoms with Crippen molar-refractivity contribution in [3.05, 3.63) is 22.4 Å². The van der Waals surface area contributed by atoms with Crippen LogP contribution in [-0.2, 0) is 10.0 Å². The number of benzene rings is 1. The second-order valence-electron chi connectivity index (χ2n) is 5.28. The number of rotatable bonds is 4. The Morgan fingerprint density at radius 2 is 2.05 bits per heavy atom. The fourth-order valence-electron chi connectivity index (χ4n) is 2.50. The molecule has 21 heavy (non-hydrogen) atoms. The quantitative estimate of drug-likeness (QED) is 0.696. The molecule has 5 nitrogen and oxygen atoms in total. The molecule has 118 valence electrons. The molecule has 2 atom stereocenters. The first-order valence-corrected chi connectivity index (χ1v) is 9.01. The summed E-state index contributed by atoms with van der Waals surface area (Å²) in [6, 6.07) is 2.39. The third-order valence-electron chi connectivity index (χ3n) is 3.71. The van der Waals surface area contributed by atoms with Crippen molar-refractivity contribution in [1.29, 1.82) is 0 Å². The van der Waals surface area contributed by atoms with Gasteiger partial charge in [0.1, 0.15) is 4.90 Å². The Hall–Kier alpha value is -0.700. The molecule has 8 heteroatoms. The van der Waals surface area contributed by atoms with E-state index >= 15 is 0 Å². The molecule has 1 aliphatic rings. The van der Waals surface area contributed by atoms with Gasteiger partial charge >= 0.3 is 0 Å². The van der Waals surface area contributed by atoms with Gasteiger partial charge in [-0.3, -0.25) is 0 Å². The smallest absolute Gasteiger partial charge is 0.243 e. The van der Waals surface area contributed by atoms with Gasteiger partial charge in [0.05, 0.1) is 10.6 Å². The molecule has 0 heterocycles. The van der Waals surface area contributed by atoms with E-state index in [1.165, 1.54) is 6.07 Å². The second kappa shape index (κ2) is 6.60. The maximum absolute atomic E-state index is 13.9. The van der Waals surface area contributed by atoms with E-state index in [-0.39, 0.29) is 22.6 Å². The topological polar surface area (TPSA) is 92.4 Å². The van der Waals surface area contributed by atoms with Crippen LogP contribution >= 0.6 is 15.9 Å². The normalized spacial score (nSPS) is 23.2. The van der Waals surface area contributed by atoms with Crippen molar-refractivity contribution < 1.29 is 17.9 Å². The molecule has 1 aromatic rings. The molecule has 1 aliphatic carbocycles. The van der Waals surface area contributed by atoms with Crippen LogP contribution in [0.15, 0.2) is 21.5 Å². The predicted octanol–water partition coefficient (Wildman–Crippen LogP) is 2.00. The van der Waals surface area contributed by atoms with Crippen molar-refractivity contribution in [2.24, 2.45) is 5.92 Å². The fourth-order valence-corrected chi connectivity index (χ4v) is 4.34. The molecule has 0 aliphatic heterocycles. The molecule has 2 unspecified atom stereocenters. The summed E-state index contributed by atoms with van der Waals surface area (Å²) in [5, 5.41) is 9.84. The highest BCUT2D eigenvalue weighted by Gasteiger charge is 2.27. The van der Waals surface area contributed by atoms with Crippen molar-refractivity contribution in [3.8, 4) is 0 Å². The number of nitrogens with two attached hydrogens (primary N) is 1. The standard InChI is InChI=1S/C13H18BrFN2O3S/c14-10-5-9(16)6-12(13(10)15)21(19,20)17-7-8-3-1-2-4-11(8)18/h5-6,8,11,17-18H,1-4,7,16H2. The predicted molar refractivity (Wildman–Crippen MR) is 81.7 cm³/mol. The lowest BCUT2D eigenvalue weighted by Gasteiger charge is -2.27. The minimum Gasteiger partial charge on any atom is -0.399 e. The lowest BCUT2D eigenvalue weighted by atomic mass is 9.87. The highest BCUT2D eigenvalue weighted by molar-refractivity contribution is 9.10. The number of hydrogen-bond donors (Lipinski definition) is 3. The summed E-state index contributed by atoms with van der Waals surface area (Å²) in [6.07, 6.45) is 2.82. The van der Waals surface area contributed by atoms with E-state index in [9.17, 15) is 17.9 Å². The summed E-state index contributed by atoms with van der Waals surface area (Å²) in [5.74, 6) is -1.01. The zero-order valence-electron chi connectivity index (χ0n) is 11.4. The van der Waals surface area contributed by atoms with Crippen LogP contribution in [0.5, 0.6) is 0 Å². The number of halogens is 2. The number of nitrogens with one attached hydrogen (secondary N) is 1. The highest BCUT2D eigenvalue weighted by atomic mass is 79.9. The highest BCUT2D eigenvalue weighted by Crippen LogP contribution is 2.27. The van der Waals surface area contributed by atoms with E-state index in [4.69, 9.17) is 5.73 Å². The summed E-state index contributed by atoms with van der Waals surface area (Å²) in [7, 11) is -4.00. The Morgan fingerprint density at radius 1 is 1.38 bits per heavy atom. The first-order chi connectivity index (χ1) is 9.81. The van der Waals surface area contributed by atoms with Gasteiger partial charge in [0.15, 0.2) is 5.82 Å². The number of aliphatic hydroxyl groups is 1. The van der Waals surface area contributed by atoms with Crippen LogP contribution < -0.4 is 10.5 Å². The first-order valence-electron chi connectivity index (χ1n) is 6.73. The molecule has 0 saturated heterocycles. The maximum atomic E-state index is 13.9. The fraction of sp³-hybridized carbons (Fsp3) is 0.538. The maximum Gasteiger partial charge on any atom is 0.243 e. The van der Waals surface area contributed by atoms with Crippen LogP contribution in [0, 0.1) is 11.7 Å².